The Labute approximate surface area is 163 Å². The highest BCUT2D eigenvalue weighted by Crippen LogP contribution is 2.22. The molecule has 0 spiro atoms. The van der Waals surface area contributed by atoms with Crippen LogP contribution in [0.4, 0.5) is 4.79 Å². The van der Waals surface area contributed by atoms with E-state index >= 15 is 0 Å². The molecule has 2 fully saturated rings. The topological polar surface area (TPSA) is 42.0 Å². The van der Waals surface area contributed by atoms with Crippen LogP contribution in [0, 0.1) is 5.92 Å². The Hall–Kier alpha value is -1.59. The van der Waals surface area contributed by atoms with E-state index in [9.17, 15) is 4.79 Å². The molecule has 3 rings (SSSR count). The van der Waals surface area contributed by atoms with Crippen LogP contribution >= 0.6 is 0 Å². The summed E-state index contributed by atoms with van der Waals surface area (Å²) < 4.78 is 11.6. The molecule has 0 unspecified atom stereocenters. The van der Waals surface area contributed by atoms with Gasteiger partial charge in [0.2, 0.25) is 0 Å². The minimum Gasteiger partial charge on any atom is -0.444 e. The summed E-state index contributed by atoms with van der Waals surface area (Å²) >= 11 is 0. The summed E-state index contributed by atoms with van der Waals surface area (Å²) in [4.78, 5) is 16.5. The van der Waals surface area contributed by atoms with Crippen LogP contribution in [0.25, 0.3) is 0 Å². The third kappa shape index (κ3) is 6.51. The summed E-state index contributed by atoms with van der Waals surface area (Å²) in [5, 5.41) is 0. The van der Waals surface area contributed by atoms with Gasteiger partial charge in [0.15, 0.2) is 0 Å². The molecule has 0 N–H and O–H groups in total. The fraction of sp³-hybridized carbons (Fsp3) is 0.682. The fourth-order valence-corrected chi connectivity index (χ4v) is 3.84. The molecule has 0 aromatic heterocycles. The predicted molar refractivity (Wildman–Crippen MR) is 107 cm³/mol. The van der Waals surface area contributed by atoms with Crippen molar-refractivity contribution in [2.75, 3.05) is 32.8 Å². The third-order valence-corrected chi connectivity index (χ3v) is 5.28. The van der Waals surface area contributed by atoms with Crippen molar-refractivity contribution in [2.24, 2.45) is 5.92 Å². The smallest absolute Gasteiger partial charge is 0.410 e. The van der Waals surface area contributed by atoms with Gasteiger partial charge in [-0.2, -0.15) is 0 Å². The van der Waals surface area contributed by atoms with Gasteiger partial charge in [-0.05, 0) is 58.1 Å². The summed E-state index contributed by atoms with van der Waals surface area (Å²) in [5.41, 5.74) is 0.951. The van der Waals surface area contributed by atoms with Gasteiger partial charge in [-0.3, -0.25) is 4.90 Å². The first-order valence-electron chi connectivity index (χ1n) is 10.2. The SMILES string of the molecule is CC(C)(C)OC(=O)N1CCC(OC[C@@H]2CCN(Cc3ccccc3)C2)CC1. The number of piperidine rings is 1. The summed E-state index contributed by atoms with van der Waals surface area (Å²) in [6.45, 7) is 11.3. The van der Waals surface area contributed by atoms with Crippen LogP contribution in [-0.2, 0) is 16.0 Å². The first-order valence-corrected chi connectivity index (χ1v) is 10.2. The molecule has 1 aromatic rings. The Morgan fingerprint density at radius 2 is 1.78 bits per heavy atom. The lowest BCUT2D eigenvalue weighted by atomic mass is 10.1. The average molecular weight is 375 g/mol. The zero-order valence-corrected chi connectivity index (χ0v) is 17.0. The molecule has 0 radical (unpaired) electrons. The van der Waals surface area contributed by atoms with Crippen molar-refractivity contribution in [1.82, 2.24) is 9.80 Å². The van der Waals surface area contributed by atoms with E-state index in [0.29, 0.717) is 5.92 Å². The van der Waals surface area contributed by atoms with E-state index in [4.69, 9.17) is 9.47 Å². The van der Waals surface area contributed by atoms with Gasteiger partial charge in [-0.25, -0.2) is 4.79 Å². The number of hydrogen-bond donors (Lipinski definition) is 0. The van der Waals surface area contributed by atoms with Crippen molar-refractivity contribution in [2.45, 2.75) is 58.3 Å². The number of carbonyl (C=O) groups excluding carboxylic acids is 1. The lowest BCUT2D eigenvalue weighted by molar-refractivity contribution is -0.0200. The van der Waals surface area contributed by atoms with Gasteiger partial charge in [0.1, 0.15) is 5.60 Å². The zero-order chi connectivity index (χ0) is 19.3. The van der Waals surface area contributed by atoms with Gasteiger partial charge in [0, 0.05) is 26.2 Å². The van der Waals surface area contributed by atoms with Crippen LogP contribution in [-0.4, -0.2) is 60.4 Å². The Balaban J connectivity index is 1.33. The molecule has 2 saturated heterocycles. The number of carbonyl (C=O) groups is 1. The highest BCUT2D eigenvalue weighted by molar-refractivity contribution is 5.68. The van der Waals surface area contributed by atoms with Crippen LogP contribution < -0.4 is 0 Å². The van der Waals surface area contributed by atoms with Gasteiger partial charge in [0.25, 0.3) is 0 Å². The molecule has 2 aliphatic heterocycles. The normalized spacial score (nSPS) is 22.2. The van der Waals surface area contributed by atoms with Crippen molar-refractivity contribution in [1.29, 1.82) is 0 Å². The Morgan fingerprint density at radius 3 is 2.44 bits per heavy atom. The van der Waals surface area contributed by atoms with Gasteiger partial charge in [0.05, 0.1) is 12.7 Å². The summed E-state index contributed by atoms with van der Waals surface area (Å²) in [6, 6.07) is 10.7. The maximum atomic E-state index is 12.1. The summed E-state index contributed by atoms with van der Waals surface area (Å²) in [7, 11) is 0. The highest BCUT2D eigenvalue weighted by Gasteiger charge is 2.28. The molecule has 0 aliphatic carbocycles. The second-order valence-electron chi connectivity index (χ2n) is 8.88. The summed E-state index contributed by atoms with van der Waals surface area (Å²) in [6.07, 6.45) is 3.09. The predicted octanol–water partition coefficient (Wildman–Crippen LogP) is 3.92. The van der Waals surface area contributed by atoms with Crippen molar-refractivity contribution in [3.63, 3.8) is 0 Å². The number of likely N-dealkylation sites (tertiary alicyclic amines) is 2. The molecule has 0 bridgehead atoms. The minimum atomic E-state index is -0.432. The zero-order valence-electron chi connectivity index (χ0n) is 17.0. The van der Waals surface area contributed by atoms with Crippen molar-refractivity contribution in [3.8, 4) is 0 Å². The quantitative estimate of drug-likeness (QED) is 0.783. The molecule has 1 aromatic carbocycles. The minimum absolute atomic E-state index is 0.201. The van der Waals surface area contributed by atoms with Crippen molar-refractivity contribution in [3.05, 3.63) is 35.9 Å². The first kappa shape index (κ1) is 20.2. The van der Waals surface area contributed by atoms with Gasteiger partial charge >= 0.3 is 6.09 Å². The molecule has 5 heteroatoms. The van der Waals surface area contributed by atoms with Crippen LogP contribution in [0.1, 0.15) is 45.6 Å². The van der Waals surface area contributed by atoms with Crippen LogP contribution in [0.5, 0.6) is 0 Å². The van der Waals surface area contributed by atoms with Crippen LogP contribution in [0.2, 0.25) is 0 Å². The molecule has 1 atom stereocenters. The molecule has 2 heterocycles. The maximum Gasteiger partial charge on any atom is 0.410 e. The number of rotatable bonds is 5. The van der Waals surface area contributed by atoms with E-state index in [1.165, 1.54) is 12.0 Å². The van der Waals surface area contributed by atoms with Gasteiger partial charge in [-0.1, -0.05) is 30.3 Å². The van der Waals surface area contributed by atoms with E-state index in [1.807, 2.05) is 25.7 Å². The van der Waals surface area contributed by atoms with Crippen molar-refractivity contribution < 1.29 is 14.3 Å². The first-order chi connectivity index (χ1) is 12.9. The third-order valence-electron chi connectivity index (χ3n) is 5.28. The highest BCUT2D eigenvalue weighted by atomic mass is 16.6. The van der Waals surface area contributed by atoms with E-state index in [2.05, 4.69) is 35.2 Å². The van der Waals surface area contributed by atoms with E-state index < -0.39 is 5.60 Å². The Morgan fingerprint density at radius 1 is 1.07 bits per heavy atom. The molecule has 1 amide bonds. The van der Waals surface area contributed by atoms with E-state index in [-0.39, 0.29) is 12.2 Å². The van der Waals surface area contributed by atoms with Crippen molar-refractivity contribution >= 4 is 6.09 Å². The second-order valence-corrected chi connectivity index (χ2v) is 8.88. The van der Waals surface area contributed by atoms with Gasteiger partial charge in [-0.15, -0.1) is 0 Å². The second kappa shape index (κ2) is 9.07. The fourth-order valence-electron chi connectivity index (χ4n) is 3.84. The number of amides is 1. The number of nitrogens with zero attached hydrogens (tertiary/aromatic N) is 2. The molecular weight excluding hydrogens is 340 g/mol. The molecule has 2 aliphatic rings. The summed E-state index contributed by atoms with van der Waals surface area (Å²) in [5.74, 6) is 0.623. The number of benzene rings is 1. The largest absolute Gasteiger partial charge is 0.444 e. The molecule has 150 valence electrons. The maximum absolute atomic E-state index is 12.1. The number of ether oxygens (including phenoxy) is 2. The Kier molecular flexibility index (Phi) is 6.77. The van der Waals surface area contributed by atoms with Crippen LogP contribution in [0.3, 0.4) is 0 Å². The van der Waals surface area contributed by atoms with Crippen LogP contribution in [0.15, 0.2) is 30.3 Å². The molecule has 0 saturated carbocycles. The number of hydrogen-bond acceptors (Lipinski definition) is 4. The molecular formula is C22H34N2O3. The average Bonchev–Trinajstić information content (AvgIpc) is 3.07. The van der Waals surface area contributed by atoms with Gasteiger partial charge < -0.3 is 14.4 Å². The lowest BCUT2D eigenvalue weighted by Crippen LogP contribution is -2.43. The standard InChI is InChI=1S/C22H34N2O3/c1-22(2,3)27-21(25)24-13-10-20(11-14-24)26-17-19-9-12-23(16-19)15-18-7-5-4-6-8-18/h4-8,19-20H,9-17H2,1-3H3/t19-/m1/s1. The molecule has 5 nitrogen and oxygen atoms in total. The van der Waals surface area contributed by atoms with E-state index in [0.717, 1.165) is 52.2 Å². The monoisotopic (exact) mass is 374 g/mol. The Bertz CT molecular complexity index is 591. The molecule has 27 heavy (non-hydrogen) atoms. The lowest BCUT2D eigenvalue weighted by Gasteiger charge is -2.33. The van der Waals surface area contributed by atoms with E-state index in [1.54, 1.807) is 0 Å².